The summed E-state index contributed by atoms with van der Waals surface area (Å²) in [6.07, 6.45) is 10.3. The van der Waals surface area contributed by atoms with Crippen LogP contribution < -0.4 is 5.32 Å². The van der Waals surface area contributed by atoms with E-state index in [0.717, 1.165) is 77.2 Å². The first-order chi connectivity index (χ1) is 16.1. The lowest BCUT2D eigenvalue weighted by Crippen LogP contribution is -2.62. The van der Waals surface area contributed by atoms with Crippen molar-refractivity contribution in [1.29, 1.82) is 0 Å². The van der Waals surface area contributed by atoms with Gasteiger partial charge in [-0.1, -0.05) is 40.5 Å². The summed E-state index contributed by atoms with van der Waals surface area (Å²) in [5.74, 6) is 2.23. The van der Waals surface area contributed by atoms with Crippen molar-refractivity contribution in [2.24, 2.45) is 46.3 Å². The average molecular weight is 478 g/mol. The highest BCUT2D eigenvalue weighted by atomic mass is 16.3. The molecular weight excluding hydrogens is 426 g/mol. The molecule has 0 heterocycles. The van der Waals surface area contributed by atoms with E-state index in [4.69, 9.17) is 0 Å². The molecule has 6 unspecified atom stereocenters. The Labute approximate surface area is 207 Å². The summed E-state index contributed by atoms with van der Waals surface area (Å²) in [5.41, 5.74) is -0.0679. The lowest BCUT2D eigenvalue weighted by atomic mass is 9.43. The lowest BCUT2D eigenvalue weighted by molar-refractivity contribution is -0.207. The zero-order chi connectivity index (χ0) is 24.7. The summed E-state index contributed by atoms with van der Waals surface area (Å²) in [4.78, 5) is 12.4. The van der Waals surface area contributed by atoms with Crippen LogP contribution in [0.2, 0.25) is 0 Å². The Kier molecular flexibility index (Phi) is 8.06. The van der Waals surface area contributed by atoms with Gasteiger partial charge in [0.2, 0.25) is 5.91 Å². The van der Waals surface area contributed by atoms with E-state index >= 15 is 0 Å². The maximum absolute atomic E-state index is 12.4. The molecule has 4 fully saturated rings. The minimum absolute atomic E-state index is 0.116. The topological polar surface area (TPSA) is 89.8 Å². The maximum Gasteiger partial charge on any atom is 0.220 e. The van der Waals surface area contributed by atoms with Crippen LogP contribution in [0.5, 0.6) is 0 Å². The van der Waals surface area contributed by atoms with Crippen molar-refractivity contribution >= 4 is 5.91 Å². The zero-order valence-corrected chi connectivity index (χ0v) is 22.1. The quantitative estimate of drug-likeness (QED) is 0.383. The van der Waals surface area contributed by atoms with Crippen LogP contribution in [0.1, 0.15) is 105 Å². The van der Waals surface area contributed by atoms with Crippen LogP contribution in [-0.4, -0.2) is 46.1 Å². The number of aliphatic hydroxyl groups excluding tert-OH is 3. The highest BCUT2D eigenvalue weighted by molar-refractivity contribution is 5.75. The van der Waals surface area contributed by atoms with E-state index in [1.807, 2.05) is 0 Å². The second-order valence-electron chi connectivity index (χ2n) is 13.1. The van der Waals surface area contributed by atoms with Gasteiger partial charge in [-0.15, -0.1) is 0 Å². The third-order valence-corrected chi connectivity index (χ3v) is 11.4. The van der Waals surface area contributed by atoms with Gasteiger partial charge in [0.25, 0.3) is 0 Å². The Bertz CT molecular complexity index is 714. The molecule has 4 aliphatic rings. The summed E-state index contributed by atoms with van der Waals surface area (Å²) in [6.45, 7) is 9.91. The van der Waals surface area contributed by atoms with Gasteiger partial charge in [0.15, 0.2) is 0 Å². The van der Waals surface area contributed by atoms with Gasteiger partial charge >= 0.3 is 0 Å². The number of aliphatic hydroxyl groups is 3. The average Bonchev–Trinajstić information content (AvgIpc) is 3.15. The fraction of sp³-hybridized carbons (Fsp3) is 0.966. The number of carbonyl (C=O) groups excluding carboxylic acids is 1. The molecule has 1 amide bonds. The van der Waals surface area contributed by atoms with E-state index in [1.165, 1.54) is 0 Å². The fourth-order valence-electron chi connectivity index (χ4n) is 9.38. The molecule has 0 aromatic heterocycles. The zero-order valence-electron chi connectivity index (χ0n) is 22.1. The van der Waals surface area contributed by atoms with E-state index in [9.17, 15) is 20.1 Å². The summed E-state index contributed by atoms with van der Waals surface area (Å²) in [6, 6.07) is 0. The molecule has 0 saturated heterocycles. The molecule has 0 aliphatic heterocycles. The highest BCUT2D eigenvalue weighted by Crippen LogP contribution is 2.68. The molecule has 5 nitrogen and oxygen atoms in total. The van der Waals surface area contributed by atoms with E-state index in [0.29, 0.717) is 36.0 Å². The Morgan fingerprint density at radius 3 is 2.53 bits per heavy atom. The predicted molar refractivity (Wildman–Crippen MR) is 135 cm³/mol. The predicted octanol–water partition coefficient (Wildman–Crippen LogP) is 4.67. The summed E-state index contributed by atoms with van der Waals surface area (Å²) < 4.78 is 0. The number of carbonyl (C=O) groups is 1. The van der Waals surface area contributed by atoms with Crippen LogP contribution in [0, 0.1) is 46.3 Å². The van der Waals surface area contributed by atoms with E-state index in [2.05, 4.69) is 33.0 Å². The number of rotatable bonds is 8. The largest absolute Gasteiger partial charge is 0.393 e. The first-order valence-electron chi connectivity index (χ1n) is 14.4. The molecule has 5 heteroatoms. The standard InChI is InChI=1S/C29H51NO4/c1-5-6-7-14-30-26(34)11-8-18(2)21-9-10-22-27-23(17-25(33)29(21,22)4)28(3)13-12-20(31)15-19(28)16-24(27)32/h18-25,27,31-33H,5-17H2,1-4H3,(H,30,34)/t18?,19-,20-,21?,22+,23?,24+,25?,27-,28?,29?/m1/s1. The van der Waals surface area contributed by atoms with Gasteiger partial charge in [-0.05, 0) is 104 Å². The molecule has 0 aromatic carbocycles. The third-order valence-electron chi connectivity index (χ3n) is 11.4. The van der Waals surface area contributed by atoms with Crippen molar-refractivity contribution in [3.8, 4) is 0 Å². The molecule has 0 bridgehead atoms. The van der Waals surface area contributed by atoms with Crippen LogP contribution >= 0.6 is 0 Å². The van der Waals surface area contributed by atoms with Crippen LogP contribution in [0.4, 0.5) is 0 Å². The Balaban J connectivity index is 1.43. The summed E-state index contributed by atoms with van der Waals surface area (Å²) >= 11 is 0. The molecule has 4 N–H and O–H groups in total. The minimum Gasteiger partial charge on any atom is -0.393 e. The minimum atomic E-state index is -0.355. The molecule has 4 saturated carbocycles. The molecule has 0 radical (unpaired) electrons. The fourth-order valence-corrected chi connectivity index (χ4v) is 9.38. The first-order valence-corrected chi connectivity index (χ1v) is 14.4. The SMILES string of the molecule is CCCCCNC(=O)CCC(C)C1CC[C@H]2[C@@H]3C(CC(O)C12C)C1(C)CC[C@@H](O)C[C@@H]1C[C@@H]3O. The van der Waals surface area contributed by atoms with Crippen molar-refractivity contribution in [3.05, 3.63) is 0 Å². The number of nitrogens with one attached hydrogen (secondary N) is 1. The normalized spacial score (nSPS) is 46.8. The van der Waals surface area contributed by atoms with Crippen molar-refractivity contribution in [2.75, 3.05) is 6.54 Å². The molecule has 11 atom stereocenters. The van der Waals surface area contributed by atoms with Gasteiger partial charge < -0.3 is 20.6 Å². The third kappa shape index (κ3) is 4.59. The summed E-state index contributed by atoms with van der Waals surface area (Å²) in [5, 5.41) is 36.4. The first kappa shape index (κ1) is 26.4. The smallest absolute Gasteiger partial charge is 0.220 e. The molecule has 34 heavy (non-hydrogen) atoms. The number of fused-ring (bicyclic) bond motifs is 5. The van der Waals surface area contributed by atoms with Crippen molar-refractivity contribution in [1.82, 2.24) is 5.32 Å². The number of hydrogen-bond donors (Lipinski definition) is 4. The number of hydrogen-bond acceptors (Lipinski definition) is 4. The molecule has 196 valence electrons. The van der Waals surface area contributed by atoms with Crippen LogP contribution in [-0.2, 0) is 4.79 Å². The molecule has 0 aromatic rings. The van der Waals surface area contributed by atoms with Crippen LogP contribution in [0.25, 0.3) is 0 Å². The van der Waals surface area contributed by atoms with Crippen molar-refractivity contribution < 1.29 is 20.1 Å². The number of amides is 1. The second-order valence-corrected chi connectivity index (χ2v) is 13.1. The van der Waals surface area contributed by atoms with E-state index in [1.54, 1.807) is 0 Å². The Hall–Kier alpha value is -0.650. The lowest BCUT2D eigenvalue weighted by Gasteiger charge is -2.63. The van der Waals surface area contributed by atoms with E-state index < -0.39 is 0 Å². The van der Waals surface area contributed by atoms with Gasteiger partial charge in [0.1, 0.15) is 0 Å². The monoisotopic (exact) mass is 477 g/mol. The molecule has 4 aliphatic carbocycles. The molecular formula is C29H51NO4. The van der Waals surface area contributed by atoms with Gasteiger partial charge in [0, 0.05) is 13.0 Å². The van der Waals surface area contributed by atoms with Crippen molar-refractivity contribution in [3.63, 3.8) is 0 Å². The van der Waals surface area contributed by atoms with Gasteiger partial charge in [-0.3, -0.25) is 4.79 Å². The molecule has 4 rings (SSSR count). The molecule has 0 spiro atoms. The van der Waals surface area contributed by atoms with Crippen LogP contribution in [0.3, 0.4) is 0 Å². The van der Waals surface area contributed by atoms with Gasteiger partial charge in [-0.25, -0.2) is 0 Å². The highest BCUT2D eigenvalue weighted by Gasteiger charge is 2.65. The van der Waals surface area contributed by atoms with E-state index in [-0.39, 0.29) is 41.0 Å². The van der Waals surface area contributed by atoms with Crippen LogP contribution in [0.15, 0.2) is 0 Å². The maximum atomic E-state index is 12.4. The Morgan fingerprint density at radius 2 is 1.79 bits per heavy atom. The second kappa shape index (κ2) is 10.4. The van der Waals surface area contributed by atoms with Crippen molar-refractivity contribution in [2.45, 2.75) is 123 Å². The van der Waals surface area contributed by atoms with Gasteiger partial charge in [-0.2, -0.15) is 0 Å². The Morgan fingerprint density at radius 1 is 1.03 bits per heavy atom. The summed E-state index contributed by atoms with van der Waals surface area (Å²) in [7, 11) is 0. The number of unbranched alkanes of at least 4 members (excludes halogenated alkanes) is 2. The van der Waals surface area contributed by atoms with Gasteiger partial charge in [0.05, 0.1) is 18.3 Å².